The number of fused-ring (bicyclic) bond motifs is 2. The number of hydrazone groups is 1. The first-order valence-corrected chi connectivity index (χ1v) is 36.5. The fourth-order valence-corrected chi connectivity index (χ4v) is 15.3. The number of carbonyl (C=O) groups is 4. The van der Waals surface area contributed by atoms with Crippen molar-refractivity contribution in [2.75, 3.05) is 78.5 Å². The van der Waals surface area contributed by atoms with E-state index in [2.05, 4.69) is 87.7 Å². The predicted molar refractivity (Wildman–Crippen MR) is 395 cm³/mol. The molecule has 106 heavy (non-hydrogen) atoms. The van der Waals surface area contributed by atoms with Crippen molar-refractivity contribution in [3.63, 3.8) is 0 Å². The van der Waals surface area contributed by atoms with E-state index in [1.165, 1.54) is 4.90 Å². The summed E-state index contributed by atoms with van der Waals surface area (Å²) in [5.74, 6) is 3.18. The van der Waals surface area contributed by atoms with Crippen molar-refractivity contribution in [2.24, 2.45) is 33.0 Å². The number of carbonyl (C=O) groups excluding carboxylic acids is 4. The van der Waals surface area contributed by atoms with Crippen LogP contribution in [-0.2, 0) is 106 Å². The molecule has 10 heterocycles. The van der Waals surface area contributed by atoms with Crippen LogP contribution in [0.4, 0.5) is 4.79 Å². The molecule has 0 bridgehead atoms. The summed E-state index contributed by atoms with van der Waals surface area (Å²) in [5, 5.41) is 44.3. The predicted octanol–water partition coefficient (Wildman–Crippen LogP) is 5.67. The third-order valence-electron chi connectivity index (χ3n) is 20.9. The Labute approximate surface area is 675 Å². The van der Waals surface area contributed by atoms with Crippen LogP contribution in [0.3, 0.4) is 0 Å². The molecule has 0 aromatic heterocycles. The number of amides is 5. The quantitative estimate of drug-likeness (QED) is 0.124. The summed E-state index contributed by atoms with van der Waals surface area (Å²) in [7, 11) is 0. The summed E-state index contributed by atoms with van der Waals surface area (Å²) in [6.45, 7) is 25.9. The normalized spacial score (nSPS) is 24.3. The number of likely N-dealkylation sites (tertiary alicyclic amines) is 4. The number of rotatable bonds is 12. The molecule has 554 valence electrons. The Balaban J connectivity index is 0.000000162. The molecular weight excluding hydrogens is 1490 g/mol. The Morgan fingerprint density at radius 1 is 0.434 bits per heavy atom. The number of nitriles is 4. The van der Waals surface area contributed by atoms with E-state index < -0.39 is 12.2 Å². The molecule has 0 aliphatic carbocycles. The maximum Gasteiger partial charge on any atom is 0.324 e. The van der Waals surface area contributed by atoms with Crippen LogP contribution < -0.4 is 22.9 Å². The van der Waals surface area contributed by atoms with Crippen molar-refractivity contribution in [2.45, 2.75) is 152 Å². The molecule has 28 heteroatoms. The Hall–Kier alpha value is -8.01. The zero-order chi connectivity index (χ0) is 73.6. The van der Waals surface area contributed by atoms with Gasteiger partial charge in [0.05, 0.1) is 72.7 Å². The molecule has 0 spiro atoms. The summed E-state index contributed by atoms with van der Waals surface area (Å²) in [5.41, 5.74) is 30.3. The molecule has 6 saturated heterocycles. The van der Waals surface area contributed by atoms with E-state index in [1.54, 1.807) is 32.9 Å². The van der Waals surface area contributed by atoms with Gasteiger partial charge in [-0.2, -0.15) is 21.0 Å². The SMILES string of the molecule is N#Cc1ccccc1CN1C(=O)C2CCCN2C=C1N1CCC[C@@H](N)C1.N#Cc1ccccc1CN1C(=O)C2CCCN2N=C1N1CCC[C@@H](N)C1.[CH2-]CN1C(=O)N(Cc2ccccc2C#N)C(N2CCC[C@@H](N)C2)=NC1[CH2-].[CH2-]CN1C=C(N2CCC[C@@H](N)C2)N(Cc2ccccc2C#N)C(=O)C1[CH2-].[Y].[Y]. The Morgan fingerprint density at radius 2 is 0.811 bits per heavy atom. The van der Waals surface area contributed by atoms with E-state index in [9.17, 15) is 40.2 Å². The first-order valence-electron chi connectivity index (χ1n) is 36.5. The number of nitrogens with zero attached hydrogens (tertiary/aromatic N) is 18. The number of piperidine rings is 4. The summed E-state index contributed by atoms with van der Waals surface area (Å²) < 4.78 is 0. The Morgan fingerprint density at radius 3 is 1.26 bits per heavy atom. The second kappa shape index (κ2) is 38.7. The number of urea groups is 1. The van der Waals surface area contributed by atoms with Gasteiger partial charge < -0.3 is 78.0 Å². The number of guanidine groups is 2. The fourth-order valence-electron chi connectivity index (χ4n) is 15.3. The van der Waals surface area contributed by atoms with Crippen molar-refractivity contribution in [1.82, 2.24) is 58.9 Å². The minimum atomic E-state index is -0.524. The molecule has 10 aliphatic rings. The number of benzene rings is 4. The van der Waals surface area contributed by atoms with Crippen molar-refractivity contribution < 1.29 is 84.6 Å². The monoisotopic (exact) mass is 1580 g/mol. The van der Waals surface area contributed by atoms with Crippen LogP contribution in [0, 0.1) is 73.0 Å². The number of hydrogen-bond donors (Lipinski definition) is 4. The summed E-state index contributed by atoms with van der Waals surface area (Å²) >= 11 is 0. The van der Waals surface area contributed by atoms with Crippen LogP contribution in [0.5, 0.6) is 0 Å². The average molecular weight is 1590 g/mol. The molecule has 2 radical (unpaired) electrons. The zero-order valence-electron chi connectivity index (χ0n) is 60.8. The zero-order valence-corrected chi connectivity index (χ0v) is 66.5. The number of nitrogens with two attached hydrogens (primary N) is 4. The van der Waals surface area contributed by atoms with E-state index in [-0.39, 0.29) is 139 Å². The van der Waals surface area contributed by atoms with Crippen LogP contribution in [0.15, 0.2) is 131 Å². The molecule has 0 saturated carbocycles. The second-order valence-electron chi connectivity index (χ2n) is 28.1. The molecular formula is C78H98N22O4Y2-4. The van der Waals surface area contributed by atoms with Gasteiger partial charge in [0, 0.05) is 174 Å². The van der Waals surface area contributed by atoms with Crippen LogP contribution >= 0.6 is 0 Å². The molecule has 8 atom stereocenters. The minimum Gasteiger partial charge on any atom is -0.423 e. The van der Waals surface area contributed by atoms with Gasteiger partial charge in [0.15, 0.2) is 0 Å². The van der Waals surface area contributed by atoms with Crippen LogP contribution in [-0.4, -0.2) is 222 Å². The van der Waals surface area contributed by atoms with Crippen molar-refractivity contribution in [3.8, 4) is 24.3 Å². The van der Waals surface area contributed by atoms with E-state index in [1.807, 2.05) is 99.9 Å². The van der Waals surface area contributed by atoms with E-state index >= 15 is 0 Å². The summed E-state index contributed by atoms with van der Waals surface area (Å²) in [6, 6.07) is 37.9. The largest absolute Gasteiger partial charge is 0.423 e. The van der Waals surface area contributed by atoms with Crippen LogP contribution in [0.25, 0.3) is 0 Å². The van der Waals surface area contributed by atoms with Gasteiger partial charge >= 0.3 is 6.03 Å². The van der Waals surface area contributed by atoms with Gasteiger partial charge in [-0.3, -0.25) is 50.9 Å². The Kier molecular flexibility index (Phi) is 29.9. The topological polar surface area (TPSA) is 331 Å². The number of aliphatic imine (C=N–C) groups is 1. The van der Waals surface area contributed by atoms with Gasteiger partial charge in [-0.1, -0.05) is 72.8 Å². The fraction of sp³-hybridized carbons (Fsp3) is 0.462. The maximum absolute atomic E-state index is 13.2. The molecule has 26 nitrogen and oxygen atoms in total. The van der Waals surface area contributed by atoms with Crippen LogP contribution in [0.1, 0.15) is 122 Å². The third-order valence-corrected chi connectivity index (χ3v) is 20.9. The van der Waals surface area contributed by atoms with E-state index in [4.69, 9.17) is 28.0 Å². The summed E-state index contributed by atoms with van der Waals surface area (Å²) in [4.78, 5) is 78.4. The first-order chi connectivity index (χ1) is 50.4. The molecule has 6 fully saturated rings. The molecule has 5 amide bonds. The van der Waals surface area contributed by atoms with E-state index in [0.717, 1.165) is 157 Å². The first kappa shape index (κ1) is 82.1. The molecule has 4 unspecified atom stereocenters. The Bertz CT molecular complexity index is 3780. The molecule has 10 aliphatic heterocycles. The van der Waals surface area contributed by atoms with Gasteiger partial charge in [-0.05, 0) is 130 Å². The second-order valence-corrected chi connectivity index (χ2v) is 28.1. The molecule has 4 aromatic rings. The third kappa shape index (κ3) is 19.3. The van der Waals surface area contributed by atoms with Crippen molar-refractivity contribution in [3.05, 3.63) is 193 Å². The maximum atomic E-state index is 13.2. The molecule has 8 N–H and O–H groups in total. The van der Waals surface area contributed by atoms with Crippen molar-refractivity contribution >= 4 is 35.7 Å². The standard InChI is InChI=1S/2C20H25N5O.2C19H24N6O.2Y/c21-11-15-5-1-2-6-16(15)12-25-19(24-10-3-7-17(22)13-24)14-23-9-4-8-18(23)20(25)26;1-3-23-14-19(24-10-6-9-18(22)13-24)25(20(26)15(23)2)12-17-8-5-4-7-16(17)11-21;20-11-14-5-1-2-6-15(14)12-24-18(26)17-8-4-10-25(17)22-19(24)23-9-3-7-16(21)13-23;1-3-24-14(2)22-18(23-10-6-9-17(21)13-23)25(19(24)26)12-16-8-5-4-7-15(16)11-20;;/h1-2,5-6,14,17-18H,3-4,7-10,12-13,22H2;4-5,7-8,14-15,18H,1-3,6,9-10,12-13,22H2;1-2,5-6,16-17H,3-4,7-10,12-13,21H2;4-5,7-8,14,17H,1-3,6,9-10,12-13,21H2;;/q;-2;;-2;;/t17-,18?;15?,18-;16-,17?;14?,17-;;/m1111../s1. The smallest absolute Gasteiger partial charge is 0.324 e. The van der Waals surface area contributed by atoms with Crippen molar-refractivity contribution in [1.29, 1.82) is 21.0 Å². The van der Waals surface area contributed by atoms with Gasteiger partial charge in [0.2, 0.25) is 17.8 Å². The summed E-state index contributed by atoms with van der Waals surface area (Å²) in [6.07, 6.45) is 15.3. The average Bonchev–Trinajstić information content (AvgIpc) is 1.46. The minimum absolute atomic E-state index is 0. The van der Waals surface area contributed by atoms with Crippen LogP contribution in [0.2, 0.25) is 0 Å². The van der Waals surface area contributed by atoms with Gasteiger partial charge in [-0.25, -0.2) is 4.79 Å². The van der Waals surface area contributed by atoms with Gasteiger partial charge in [0.25, 0.3) is 11.8 Å². The van der Waals surface area contributed by atoms with Gasteiger partial charge in [-0.15, -0.1) is 18.2 Å². The molecule has 14 rings (SSSR count). The number of hydrogen-bond acceptors (Lipinski definition) is 21. The van der Waals surface area contributed by atoms with Gasteiger partial charge in [0.1, 0.15) is 23.7 Å². The van der Waals surface area contributed by atoms with E-state index in [0.29, 0.717) is 80.0 Å². The molecule has 4 aromatic carbocycles.